The molecule has 0 saturated heterocycles. The van der Waals surface area contributed by atoms with Crippen LogP contribution in [0.15, 0.2) is 104 Å². The minimum Gasteiger partial charge on any atom is -0.497 e. The Labute approximate surface area is 194 Å². The molecule has 2 aromatic heterocycles. The number of aromatic nitrogens is 2. The van der Waals surface area contributed by atoms with Crippen molar-refractivity contribution in [2.24, 2.45) is 0 Å². The first-order valence-corrected chi connectivity index (χ1v) is 11.1. The second-order valence-corrected chi connectivity index (χ2v) is 8.22. The lowest BCUT2D eigenvalue weighted by molar-refractivity contribution is 0.414. The number of ether oxygens (including phenoxy) is 1. The Morgan fingerprint density at radius 2 is 1.64 bits per heavy atom. The molecule has 162 valence electrons. The molecule has 0 saturated carbocycles. The minimum atomic E-state index is 0.812. The Hall–Kier alpha value is -4.11. The van der Waals surface area contributed by atoms with E-state index in [1.54, 1.807) is 7.11 Å². The number of nitrogens with zero attached hydrogens (tertiary/aromatic N) is 2. The smallest absolute Gasteiger partial charge is 0.118 e. The second kappa shape index (κ2) is 9.17. The molecule has 0 atom stereocenters. The fourth-order valence-corrected chi connectivity index (χ4v) is 4.28. The number of hydrogen-bond donors (Lipinski definition) is 0. The van der Waals surface area contributed by atoms with Crippen molar-refractivity contribution in [3.63, 3.8) is 0 Å². The molecule has 5 rings (SSSR count). The van der Waals surface area contributed by atoms with E-state index in [1.807, 2.05) is 36.7 Å². The first-order valence-electron chi connectivity index (χ1n) is 11.1. The zero-order valence-corrected chi connectivity index (χ0v) is 18.9. The van der Waals surface area contributed by atoms with Crippen molar-refractivity contribution < 1.29 is 4.74 Å². The number of benzene rings is 3. The normalized spacial score (nSPS) is 11.6. The zero-order chi connectivity index (χ0) is 22.6. The molecular formula is C30H26N2O. The molecule has 0 aliphatic heterocycles. The van der Waals surface area contributed by atoms with E-state index in [-0.39, 0.29) is 0 Å². The van der Waals surface area contributed by atoms with Crippen LogP contribution >= 0.6 is 0 Å². The van der Waals surface area contributed by atoms with Crippen molar-refractivity contribution in [1.29, 1.82) is 0 Å². The molecule has 0 aliphatic rings. The van der Waals surface area contributed by atoms with Gasteiger partial charge >= 0.3 is 0 Å². The number of aryl methyl sites for hydroxylation is 1. The van der Waals surface area contributed by atoms with E-state index in [1.165, 1.54) is 38.7 Å². The molecule has 5 aromatic rings. The maximum absolute atomic E-state index is 5.31. The molecular weight excluding hydrogens is 404 g/mol. The van der Waals surface area contributed by atoms with Crippen molar-refractivity contribution in [2.45, 2.75) is 13.5 Å². The van der Waals surface area contributed by atoms with E-state index >= 15 is 0 Å². The van der Waals surface area contributed by atoms with Gasteiger partial charge in [-0.3, -0.25) is 4.98 Å². The molecule has 0 unspecified atom stereocenters. The number of rotatable bonds is 6. The molecule has 0 spiro atoms. The Bertz CT molecular complexity index is 1400. The van der Waals surface area contributed by atoms with Crippen LogP contribution in [0.25, 0.3) is 22.6 Å². The Morgan fingerprint density at radius 1 is 0.879 bits per heavy atom. The quantitative estimate of drug-likeness (QED) is 0.290. The lowest BCUT2D eigenvalue weighted by atomic mass is 9.95. The average molecular weight is 431 g/mol. The molecule has 2 heterocycles. The fraction of sp³-hybridized carbons (Fsp3) is 0.100. The maximum atomic E-state index is 5.31. The van der Waals surface area contributed by atoms with Gasteiger partial charge in [-0.25, -0.2) is 0 Å². The predicted molar refractivity (Wildman–Crippen MR) is 136 cm³/mol. The van der Waals surface area contributed by atoms with E-state index in [2.05, 4.69) is 89.4 Å². The fourth-order valence-electron chi connectivity index (χ4n) is 4.28. The molecule has 0 fully saturated rings. The topological polar surface area (TPSA) is 27.1 Å². The van der Waals surface area contributed by atoms with Crippen LogP contribution < -0.4 is 4.74 Å². The molecule has 3 nitrogen and oxygen atoms in total. The largest absolute Gasteiger partial charge is 0.497 e. The van der Waals surface area contributed by atoms with Gasteiger partial charge in [-0.1, -0.05) is 54.6 Å². The van der Waals surface area contributed by atoms with Crippen LogP contribution in [0.4, 0.5) is 0 Å². The Balaban J connectivity index is 1.60. The average Bonchev–Trinajstić information content (AvgIpc) is 3.18. The van der Waals surface area contributed by atoms with Gasteiger partial charge in [0.15, 0.2) is 0 Å². The second-order valence-electron chi connectivity index (χ2n) is 8.22. The third kappa shape index (κ3) is 4.44. The SMILES string of the molecule is COc1ccc(Cn2cc(C)c3ccc(/C(=C\c4ccncc4)c4ccccc4)cc32)cc1. The van der Waals surface area contributed by atoms with Crippen molar-refractivity contribution in [1.82, 2.24) is 9.55 Å². The van der Waals surface area contributed by atoms with Crippen LogP contribution in [-0.4, -0.2) is 16.7 Å². The third-order valence-corrected chi connectivity index (χ3v) is 6.01. The molecule has 0 bridgehead atoms. The highest BCUT2D eigenvalue weighted by Gasteiger charge is 2.11. The van der Waals surface area contributed by atoms with Crippen LogP contribution in [-0.2, 0) is 6.54 Å². The van der Waals surface area contributed by atoms with Gasteiger partial charge in [0.2, 0.25) is 0 Å². The lowest BCUT2D eigenvalue weighted by Crippen LogP contribution is -1.98. The van der Waals surface area contributed by atoms with E-state index in [0.717, 1.165) is 17.9 Å². The summed E-state index contributed by atoms with van der Waals surface area (Å²) in [4.78, 5) is 4.16. The molecule has 3 heteroatoms. The van der Waals surface area contributed by atoms with Crippen LogP contribution in [0, 0.1) is 6.92 Å². The molecule has 0 amide bonds. The van der Waals surface area contributed by atoms with Crippen LogP contribution in [0.5, 0.6) is 5.75 Å². The highest BCUT2D eigenvalue weighted by atomic mass is 16.5. The van der Waals surface area contributed by atoms with Gasteiger partial charge in [0.05, 0.1) is 7.11 Å². The standard InChI is InChI=1S/C30H26N2O/c1-22-20-32(21-24-8-11-27(33-2)12-9-24)30-19-26(10-13-28(22)30)29(25-6-4-3-5-7-25)18-23-14-16-31-17-15-23/h3-20H,21H2,1-2H3/b29-18-. The van der Waals surface area contributed by atoms with E-state index < -0.39 is 0 Å². The van der Waals surface area contributed by atoms with Gasteiger partial charge in [-0.05, 0) is 76.7 Å². The summed E-state index contributed by atoms with van der Waals surface area (Å²) < 4.78 is 7.65. The Morgan fingerprint density at radius 3 is 2.36 bits per heavy atom. The van der Waals surface area contributed by atoms with Gasteiger partial charge in [0.1, 0.15) is 5.75 Å². The summed E-state index contributed by atoms with van der Waals surface area (Å²) in [6, 6.07) is 29.7. The molecule has 0 aliphatic carbocycles. The summed E-state index contributed by atoms with van der Waals surface area (Å²) in [6.07, 6.45) is 8.15. The van der Waals surface area contributed by atoms with Gasteiger partial charge < -0.3 is 9.30 Å². The van der Waals surface area contributed by atoms with Crippen molar-refractivity contribution in [3.05, 3.63) is 131 Å². The molecule has 3 aromatic carbocycles. The van der Waals surface area contributed by atoms with Crippen LogP contribution in [0.1, 0.15) is 27.8 Å². The Kier molecular flexibility index (Phi) is 5.77. The lowest BCUT2D eigenvalue weighted by Gasteiger charge is -2.12. The van der Waals surface area contributed by atoms with E-state index in [0.29, 0.717) is 0 Å². The van der Waals surface area contributed by atoms with Crippen molar-refractivity contribution in [3.8, 4) is 5.75 Å². The van der Waals surface area contributed by atoms with Crippen molar-refractivity contribution in [2.75, 3.05) is 7.11 Å². The first kappa shape index (κ1) is 20.8. The summed E-state index contributed by atoms with van der Waals surface area (Å²) in [7, 11) is 1.70. The number of fused-ring (bicyclic) bond motifs is 1. The summed E-state index contributed by atoms with van der Waals surface area (Å²) in [5.41, 5.74) is 8.47. The zero-order valence-electron chi connectivity index (χ0n) is 18.9. The van der Waals surface area contributed by atoms with Gasteiger partial charge in [-0.2, -0.15) is 0 Å². The molecule has 0 radical (unpaired) electrons. The molecule has 0 N–H and O–H groups in total. The van der Waals surface area contributed by atoms with Crippen LogP contribution in [0.2, 0.25) is 0 Å². The number of methoxy groups -OCH3 is 1. The monoisotopic (exact) mass is 430 g/mol. The van der Waals surface area contributed by atoms with Gasteiger partial charge in [-0.15, -0.1) is 0 Å². The maximum Gasteiger partial charge on any atom is 0.118 e. The van der Waals surface area contributed by atoms with E-state index in [9.17, 15) is 0 Å². The summed E-state index contributed by atoms with van der Waals surface area (Å²) in [6.45, 7) is 2.99. The minimum absolute atomic E-state index is 0.812. The highest BCUT2D eigenvalue weighted by molar-refractivity contribution is 5.95. The van der Waals surface area contributed by atoms with Crippen LogP contribution in [0.3, 0.4) is 0 Å². The van der Waals surface area contributed by atoms with E-state index in [4.69, 9.17) is 4.74 Å². The predicted octanol–water partition coefficient (Wildman–Crippen LogP) is 6.99. The summed E-state index contributed by atoms with van der Waals surface area (Å²) in [5.74, 6) is 0.878. The highest BCUT2D eigenvalue weighted by Crippen LogP contribution is 2.31. The molecule has 33 heavy (non-hydrogen) atoms. The third-order valence-electron chi connectivity index (χ3n) is 6.01. The van der Waals surface area contributed by atoms with Gasteiger partial charge in [0.25, 0.3) is 0 Å². The number of hydrogen-bond acceptors (Lipinski definition) is 2. The summed E-state index contributed by atoms with van der Waals surface area (Å²) >= 11 is 0. The number of pyridine rings is 1. The van der Waals surface area contributed by atoms with Gasteiger partial charge in [0, 0.05) is 36.0 Å². The first-order chi connectivity index (χ1) is 16.2. The summed E-state index contributed by atoms with van der Waals surface area (Å²) in [5, 5.41) is 1.28. The van der Waals surface area contributed by atoms with Crippen molar-refractivity contribution >= 4 is 22.6 Å².